The van der Waals surface area contributed by atoms with Crippen molar-refractivity contribution in [2.45, 2.75) is 32.3 Å². The van der Waals surface area contributed by atoms with Crippen LogP contribution in [0.25, 0.3) is 0 Å². The van der Waals surface area contributed by atoms with Crippen LogP contribution in [0.4, 0.5) is 13.2 Å². The molecule has 1 atom stereocenters. The number of ether oxygens (including phenoxy) is 1. The van der Waals surface area contributed by atoms with Gasteiger partial charge in [-0.1, -0.05) is 19.1 Å². The van der Waals surface area contributed by atoms with Gasteiger partial charge in [-0.15, -0.1) is 0 Å². The van der Waals surface area contributed by atoms with Crippen LogP contribution in [0.2, 0.25) is 0 Å². The Labute approximate surface area is 122 Å². The van der Waals surface area contributed by atoms with Crippen molar-refractivity contribution in [1.82, 2.24) is 5.32 Å². The van der Waals surface area contributed by atoms with E-state index in [1.807, 2.05) is 39.0 Å². The minimum Gasteiger partial charge on any atom is -0.492 e. The molecule has 1 unspecified atom stereocenters. The van der Waals surface area contributed by atoms with Crippen LogP contribution in [-0.4, -0.2) is 24.4 Å². The van der Waals surface area contributed by atoms with Crippen molar-refractivity contribution in [3.05, 3.63) is 29.3 Å². The van der Waals surface area contributed by atoms with E-state index in [1.165, 1.54) is 0 Å². The predicted molar refractivity (Wildman–Crippen MR) is 77.3 cm³/mol. The van der Waals surface area contributed by atoms with Crippen molar-refractivity contribution in [3.8, 4) is 5.75 Å². The molecule has 20 heavy (non-hydrogen) atoms. The Morgan fingerprint density at radius 1 is 1.35 bits per heavy atom. The van der Waals surface area contributed by atoms with Gasteiger partial charge in [0.05, 0.1) is 6.61 Å². The van der Waals surface area contributed by atoms with E-state index in [9.17, 15) is 13.2 Å². The molecule has 114 valence electrons. The molecule has 0 bridgehead atoms. The molecule has 0 saturated heterocycles. The highest BCUT2D eigenvalue weighted by Crippen LogP contribution is 2.31. The molecule has 0 heterocycles. The number of alkyl halides is 3. The standard InChI is InChI=1S/C14H20F3NOS/c1-4-18-11(3)12-6-5-10(2)9-13(12)19-7-8-20-14(15,16)17/h5-6,9,11,18H,4,7-8H2,1-3H3. The number of benzene rings is 1. The molecule has 0 aliphatic carbocycles. The van der Waals surface area contributed by atoms with Crippen molar-refractivity contribution >= 4 is 11.8 Å². The van der Waals surface area contributed by atoms with Gasteiger partial charge >= 0.3 is 5.51 Å². The molecular weight excluding hydrogens is 287 g/mol. The first-order chi connectivity index (χ1) is 9.33. The fourth-order valence-corrected chi connectivity index (χ4v) is 2.25. The van der Waals surface area contributed by atoms with Crippen LogP contribution in [0.1, 0.15) is 31.0 Å². The van der Waals surface area contributed by atoms with Crippen LogP contribution in [-0.2, 0) is 0 Å². The third kappa shape index (κ3) is 6.05. The van der Waals surface area contributed by atoms with Gasteiger partial charge in [-0.2, -0.15) is 13.2 Å². The van der Waals surface area contributed by atoms with Gasteiger partial charge in [-0.05, 0) is 43.8 Å². The molecule has 6 heteroatoms. The van der Waals surface area contributed by atoms with Crippen molar-refractivity contribution in [2.75, 3.05) is 18.9 Å². The molecule has 2 nitrogen and oxygen atoms in total. The highest BCUT2D eigenvalue weighted by atomic mass is 32.2. The Morgan fingerprint density at radius 2 is 2.05 bits per heavy atom. The van der Waals surface area contributed by atoms with Crippen LogP contribution >= 0.6 is 11.8 Å². The molecule has 0 aliphatic heterocycles. The zero-order valence-corrected chi connectivity index (χ0v) is 12.7. The van der Waals surface area contributed by atoms with Crippen LogP contribution in [0, 0.1) is 6.92 Å². The zero-order valence-electron chi connectivity index (χ0n) is 11.9. The summed E-state index contributed by atoms with van der Waals surface area (Å²) in [4.78, 5) is 0. The fraction of sp³-hybridized carbons (Fsp3) is 0.571. The Kier molecular flexibility index (Phi) is 6.68. The summed E-state index contributed by atoms with van der Waals surface area (Å²) in [5.74, 6) is 0.549. The second-order valence-corrected chi connectivity index (χ2v) is 5.62. The summed E-state index contributed by atoms with van der Waals surface area (Å²) in [7, 11) is 0. The van der Waals surface area contributed by atoms with Gasteiger partial charge < -0.3 is 10.1 Å². The number of halogens is 3. The van der Waals surface area contributed by atoms with E-state index in [0.717, 1.165) is 17.7 Å². The second kappa shape index (κ2) is 7.78. The van der Waals surface area contributed by atoms with E-state index in [0.29, 0.717) is 5.75 Å². The number of hydrogen-bond donors (Lipinski definition) is 1. The lowest BCUT2D eigenvalue weighted by molar-refractivity contribution is -0.0329. The van der Waals surface area contributed by atoms with Crippen molar-refractivity contribution in [2.24, 2.45) is 0 Å². The number of hydrogen-bond acceptors (Lipinski definition) is 3. The van der Waals surface area contributed by atoms with Crippen molar-refractivity contribution in [1.29, 1.82) is 0 Å². The number of aryl methyl sites for hydroxylation is 1. The van der Waals surface area contributed by atoms with E-state index in [2.05, 4.69) is 5.32 Å². The van der Waals surface area contributed by atoms with Gasteiger partial charge in [0.25, 0.3) is 0 Å². The predicted octanol–water partition coefficient (Wildman–Crippen LogP) is 4.30. The third-order valence-electron chi connectivity index (χ3n) is 2.75. The second-order valence-electron chi connectivity index (χ2n) is 4.46. The maximum absolute atomic E-state index is 12.1. The molecule has 1 aromatic carbocycles. The minimum absolute atomic E-state index is 0.0411. The average molecular weight is 307 g/mol. The molecule has 0 fully saturated rings. The molecule has 1 rings (SSSR count). The molecule has 1 N–H and O–H groups in total. The molecule has 0 amide bonds. The average Bonchev–Trinajstić information content (AvgIpc) is 2.34. The van der Waals surface area contributed by atoms with Crippen molar-refractivity contribution < 1.29 is 17.9 Å². The van der Waals surface area contributed by atoms with E-state index in [-0.39, 0.29) is 30.2 Å². The summed E-state index contributed by atoms with van der Waals surface area (Å²) >= 11 is -0.0591. The maximum atomic E-state index is 12.1. The normalized spacial score (nSPS) is 13.3. The molecule has 0 aliphatic rings. The lowest BCUT2D eigenvalue weighted by atomic mass is 10.1. The summed E-state index contributed by atoms with van der Waals surface area (Å²) in [5.41, 5.74) is -2.21. The summed E-state index contributed by atoms with van der Waals surface area (Å²) < 4.78 is 41.7. The van der Waals surface area contributed by atoms with Crippen LogP contribution < -0.4 is 10.1 Å². The van der Waals surface area contributed by atoms with Crippen LogP contribution in [0.3, 0.4) is 0 Å². The number of rotatable bonds is 7. The molecule has 1 aromatic rings. The van der Waals surface area contributed by atoms with Crippen molar-refractivity contribution in [3.63, 3.8) is 0 Å². The Balaban J connectivity index is 2.65. The first-order valence-electron chi connectivity index (χ1n) is 6.51. The largest absolute Gasteiger partial charge is 0.492 e. The number of nitrogens with one attached hydrogen (secondary N) is 1. The zero-order chi connectivity index (χ0) is 15.2. The van der Waals surface area contributed by atoms with Gasteiger partial charge in [0.2, 0.25) is 0 Å². The van der Waals surface area contributed by atoms with E-state index in [1.54, 1.807) is 0 Å². The van der Waals surface area contributed by atoms with Gasteiger partial charge in [-0.25, -0.2) is 0 Å². The summed E-state index contributed by atoms with van der Waals surface area (Å²) in [5, 5.41) is 3.27. The van der Waals surface area contributed by atoms with E-state index in [4.69, 9.17) is 4.74 Å². The van der Waals surface area contributed by atoms with Gasteiger partial charge in [-0.3, -0.25) is 0 Å². The van der Waals surface area contributed by atoms with E-state index >= 15 is 0 Å². The van der Waals surface area contributed by atoms with E-state index < -0.39 is 5.51 Å². The van der Waals surface area contributed by atoms with Crippen LogP contribution in [0.5, 0.6) is 5.75 Å². The molecule has 0 spiro atoms. The highest BCUT2D eigenvalue weighted by molar-refractivity contribution is 8.00. The molecular formula is C14H20F3NOS. The number of thioether (sulfide) groups is 1. The first-order valence-corrected chi connectivity index (χ1v) is 7.49. The maximum Gasteiger partial charge on any atom is 0.441 e. The fourth-order valence-electron chi connectivity index (χ4n) is 1.85. The highest BCUT2D eigenvalue weighted by Gasteiger charge is 2.27. The monoisotopic (exact) mass is 307 g/mol. The van der Waals surface area contributed by atoms with Gasteiger partial charge in [0.15, 0.2) is 0 Å². The van der Waals surface area contributed by atoms with Crippen LogP contribution in [0.15, 0.2) is 18.2 Å². The topological polar surface area (TPSA) is 21.3 Å². The molecule has 0 aromatic heterocycles. The summed E-state index contributed by atoms with van der Waals surface area (Å²) in [6, 6.07) is 5.89. The Hall–Kier alpha value is -0.880. The minimum atomic E-state index is -4.20. The summed E-state index contributed by atoms with van der Waals surface area (Å²) in [6.45, 7) is 6.80. The third-order valence-corrected chi connectivity index (χ3v) is 3.45. The molecule has 0 radical (unpaired) electrons. The Bertz CT molecular complexity index is 423. The Morgan fingerprint density at radius 3 is 2.65 bits per heavy atom. The lowest BCUT2D eigenvalue weighted by Gasteiger charge is -2.18. The quantitative estimate of drug-likeness (QED) is 0.759. The SMILES string of the molecule is CCNC(C)c1ccc(C)cc1OCCSC(F)(F)F. The smallest absolute Gasteiger partial charge is 0.441 e. The van der Waals surface area contributed by atoms with Gasteiger partial charge in [0.1, 0.15) is 5.75 Å². The van der Waals surface area contributed by atoms with Gasteiger partial charge in [0, 0.05) is 17.4 Å². The summed E-state index contributed by atoms with van der Waals surface area (Å²) in [6.07, 6.45) is 0. The first kappa shape index (κ1) is 17.2. The lowest BCUT2D eigenvalue weighted by Crippen LogP contribution is -2.19. The molecule has 0 saturated carbocycles.